The third kappa shape index (κ3) is 3.12. The molecule has 0 heterocycles. The molecule has 0 aromatic heterocycles. The molecular weight excluding hydrogens is 278 g/mol. The summed E-state index contributed by atoms with van der Waals surface area (Å²) in [5.41, 5.74) is -0.139. The summed E-state index contributed by atoms with van der Waals surface area (Å²) in [4.78, 5) is 12.2. The Kier molecular flexibility index (Phi) is 4.26. The topological polar surface area (TPSA) is 58.6 Å². The van der Waals surface area contributed by atoms with Gasteiger partial charge in [-0.25, -0.2) is 4.79 Å². The van der Waals surface area contributed by atoms with Crippen molar-refractivity contribution in [3.05, 3.63) is 35.9 Å². The minimum atomic E-state index is -0.528. The highest BCUT2D eigenvalue weighted by atomic mass is 16.6. The molecule has 1 aliphatic rings. The maximum Gasteiger partial charge on any atom is 0.408 e. The molecule has 2 unspecified atom stereocenters. The molecule has 0 aliphatic heterocycles. The van der Waals surface area contributed by atoms with Crippen LogP contribution in [0.25, 0.3) is 0 Å². The molecule has 2 rings (SSSR count). The summed E-state index contributed by atoms with van der Waals surface area (Å²) in [6.07, 6.45) is 0.437. The van der Waals surface area contributed by atoms with E-state index in [-0.39, 0.29) is 17.9 Å². The first-order chi connectivity index (χ1) is 10.1. The summed E-state index contributed by atoms with van der Waals surface area (Å²) < 4.78 is 5.39. The van der Waals surface area contributed by atoms with Crippen LogP contribution in [-0.4, -0.2) is 28.9 Å². The molecule has 0 spiro atoms. The van der Waals surface area contributed by atoms with Crippen molar-refractivity contribution in [3.8, 4) is 0 Å². The van der Waals surface area contributed by atoms with Crippen molar-refractivity contribution < 1.29 is 14.6 Å². The molecule has 1 fully saturated rings. The molecule has 2 atom stereocenters. The van der Waals surface area contributed by atoms with Gasteiger partial charge in [0.15, 0.2) is 0 Å². The number of nitrogens with one attached hydrogen (secondary N) is 1. The standard InChI is InChI=1S/C18H27NO3/c1-16(2,3)22-15(21)19-17(4,5)18(11-14(18)12-20)13-9-7-6-8-10-13/h6-10,14,20H,11-12H2,1-5H3,(H,19,21). The maximum absolute atomic E-state index is 12.2. The van der Waals surface area contributed by atoms with Gasteiger partial charge >= 0.3 is 6.09 Å². The fourth-order valence-electron chi connectivity index (χ4n) is 3.44. The molecule has 22 heavy (non-hydrogen) atoms. The summed E-state index contributed by atoms with van der Waals surface area (Å²) in [5, 5.41) is 12.6. The highest BCUT2D eigenvalue weighted by Crippen LogP contribution is 2.60. The second kappa shape index (κ2) is 5.58. The van der Waals surface area contributed by atoms with Crippen LogP contribution in [0.4, 0.5) is 4.79 Å². The van der Waals surface area contributed by atoms with E-state index >= 15 is 0 Å². The van der Waals surface area contributed by atoms with Crippen LogP contribution in [-0.2, 0) is 10.2 Å². The number of ether oxygens (including phenoxy) is 1. The molecule has 1 amide bonds. The van der Waals surface area contributed by atoms with Crippen molar-refractivity contribution >= 4 is 6.09 Å². The van der Waals surface area contributed by atoms with Gasteiger partial charge in [0.1, 0.15) is 5.60 Å². The smallest absolute Gasteiger partial charge is 0.408 e. The first-order valence-electron chi connectivity index (χ1n) is 7.80. The summed E-state index contributed by atoms with van der Waals surface area (Å²) in [5.74, 6) is 0.153. The lowest BCUT2D eigenvalue weighted by Gasteiger charge is -2.38. The average molecular weight is 305 g/mol. The highest BCUT2D eigenvalue weighted by molar-refractivity contribution is 5.69. The van der Waals surface area contributed by atoms with Gasteiger partial charge in [0.05, 0.1) is 0 Å². The minimum absolute atomic E-state index is 0.119. The molecule has 1 aromatic carbocycles. The number of aliphatic hydroxyl groups is 1. The Hall–Kier alpha value is -1.55. The number of alkyl carbamates (subject to hydrolysis) is 1. The summed E-state index contributed by atoms with van der Waals surface area (Å²) in [6.45, 7) is 9.66. The van der Waals surface area contributed by atoms with Crippen molar-refractivity contribution in [1.82, 2.24) is 5.32 Å². The van der Waals surface area contributed by atoms with Gasteiger partial charge < -0.3 is 15.2 Å². The van der Waals surface area contributed by atoms with Crippen molar-refractivity contribution in [2.45, 2.75) is 57.6 Å². The third-order valence-electron chi connectivity index (χ3n) is 4.54. The number of amides is 1. The van der Waals surface area contributed by atoms with Gasteiger partial charge in [0.2, 0.25) is 0 Å². The zero-order valence-electron chi connectivity index (χ0n) is 14.1. The van der Waals surface area contributed by atoms with Gasteiger partial charge in [0, 0.05) is 17.6 Å². The predicted octanol–water partition coefficient (Wildman–Crippen LogP) is 3.24. The number of carbonyl (C=O) groups is 1. The fraction of sp³-hybridized carbons (Fsp3) is 0.611. The van der Waals surface area contributed by atoms with Gasteiger partial charge in [-0.15, -0.1) is 0 Å². The van der Waals surface area contributed by atoms with Gasteiger partial charge in [-0.2, -0.15) is 0 Å². The highest BCUT2D eigenvalue weighted by Gasteiger charge is 2.64. The zero-order valence-corrected chi connectivity index (χ0v) is 14.1. The Bertz CT molecular complexity index is 533. The first kappa shape index (κ1) is 16.8. The Morgan fingerprint density at radius 2 is 1.86 bits per heavy atom. The average Bonchev–Trinajstić information content (AvgIpc) is 3.13. The van der Waals surface area contributed by atoms with Crippen LogP contribution < -0.4 is 5.32 Å². The van der Waals surface area contributed by atoms with E-state index in [4.69, 9.17) is 4.74 Å². The maximum atomic E-state index is 12.2. The van der Waals surface area contributed by atoms with Crippen molar-refractivity contribution in [1.29, 1.82) is 0 Å². The molecular formula is C18H27NO3. The van der Waals surface area contributed by atoms with Crippen LogP contribution in [0.5, 0.6) is 0 Å². The van der Waals surface area contributed by atoms with Crippen LogP contribution in [0.15, 0.2) is 30.3 Å². The van der Waals surface area contributed by atoms with Crippen LogP contribution >= 0.6 is 0 Å². The molecule has 1 aromatic rings. The number of hydrogen-bond donors (Lipinski definition) is 2. The Morgan fingerprint density at radius 1 is 1.27 bits per heavy atom. The van der Waals surface area contributed by atoms with E-state index in [2.05, 4.69) is 17.4 Å². The molecule has 0 bridgehead atoms. The third-order valence-corrected chi connectivity index (χ3v) is 4.54. The minimum Gasteiger partial charge on any atom is -0.444 e. The summed E-state index contributed by atoms with van der Waals surface area (Å²) in [7, 11) is 0. The number of benzene rings is 1. The second-order valence-electron chi connectivity index (χ2n) is 7.67. The molecule has 122 valence electrons. The fourth-order valence-corrected chi connectivity index (χ4v) is 3.44. The Labute approximate surface area is 132 Å². The van der Waals surface area contributed by atoms with Gasteiger partial charge in [-0.3, -0.25) is 0 Å². The van der Waals surface area contributed by atoms with Crippen molar-refractivity contribution in [2.75, 3.05) is 6.61 Å². The van der Waals surface area contributed by atoms with E-state index in [1.165, 1.54) is 0 Å². The Morgan fingerprint density at radius 3 is 2.32 bits per heavy atom. The quantitative estimate of drug-likeness (QED) is 0.898. The SMILES string of the molecule is CC(C)(C)OC(=O)NC(C)(C)C1(c2ccccc2)CC1CO. The zero-order chi connectivity index (χ0) is 16.6. The molecule has 0 radical (unpaired) electrons. The lowest BCUT2D eigenvalue weighted by atomic mass is 9.76. The van der Waals surface area contributed by atoms with Crippen molar-refractivity contribution in [2.24, 2.45) is 5.92 Å². The summed E-state index contributed by atoms with van der Waals surface area (Å²) >= 11 is 0. The monoisotopic (exact) mass is 305 g/mol. The van der Waals surface area contributed by atoms with E-state index in [1.54, 1.807) is 0 Å². The second-order valence-corrected chi connectivity index (χ2v) is 7.67. The van der Waals surface area contributed by atoms with Crippen molar-refractivity contribution in [3.63, 3.8) is 0 Å². The normalized spacial score (nSPS) is 24.7. The van der Waals surface area contributed by atoms with Gasteiger partial charge in [-0.1, -0.05) is 30.3 Å². The van der Waals surface area contributed by atoms with Crippen LogP contribution in [0.2, 0.25) is 0 Å². The molecule has 0 saturated heterocycles. The molecule has 2 N–H and O–H groups in total. The number of rotatable bonds is 4. The van der Waals surface area contributed by atoms with Crippen LogP contribution in [0.3, 0.4) is 0 Å². The lowest BCUT2D eigenvalue weighted by Crippen LogP contribution is -2.54. The van der Waals surface area contributed by atoms with E-state index in [1.807, 2.05) is 52.8 Å². The summed E-state index contributed by atoms with van der Waals surface area (Å²) in [6, 6.07) is 10.1. The van der Waals surface area contributed by atoms with E-state index in [0.29, 0.717) is 0 Å². The van der Waals surface area contributed by atoms with Gasteiger partial charge in [0.25, 0.3) is 0 Å². The molecule has 4 nitrogen and oxygen atoms in total. The van der Waals surface area contributed by atoms with Gasteiger partial charge in [-0.05, 0) is 52.5 Å². The molecule has 4 heteroatoms. The van der Waals surface area contributed by atoms with Crippen LogP contribution in [0.1, 0.15) is 46.6 Å². The molecule has 1 aliphatic carbocycles. The van der Waals surface area contributed by atoms with E-state index in [0.717, 1.165) is 12.0 Å². The largest absolute Gasteiger partial charge is 0.444 e. The number of aliphatic hydroxyl groups excluding tert-OH is 1. The number of carbonyl (C=O) groups excluding carboxylic acids is 1. The van der Waals surface area contributed by atoms with E-state index in [9.17, 15) is 9.90 Å². The van der Waals surface area contributed by atoms with E-state index < -0.39 is 17.2 Å². The predicted molar refractivity (Wildman–Crippen MR) is 86.8 cm³/mol. The lowest BCUT2D eigenvalue weighted by molar-refractivity contribution is 0.0441. The molecule has 1 saturated carbocycles. The first-order valence-corrected chi connectivity index (χ1v) is 7.80. The van der Waals surface area contributed by atoms with Crippen LogP contribution in [0, 0.1) is 5.92 Å². The Balaban J connectivity index is 2.24. The number of hydrogen-bond acceptors (Lipinski definition) is 3.